The zero-order valence-corrected chi connectivity index (χ0v) is 12.3. The van der Waals surface area contributed by atoms with Gasteiger partial charge in [-0.15, -0.1) is 0 Å². The van der Waals surface area contributed by atoms with Crippen molar-refractivity contribution in [3.63, 3.8) is 0 Å². The van der Waals surface area contributed by atoms with Crippen LogP contribution in [0.2, 0.25) is 0 Å². The van der Waals surface area contributed by atoms with Crippen molar-refractivity contribution in [2.24, 2.45) is 16.7 Å². The van der Waals surface area contributed by atoms with Gasteiger partial charge >= 0.3 is 0 Å². The van der Waals surface area contributed by atoms with Gasteiger partial charge in [-0.3, -0.25) is 4.79 Å². The van der Waals surface area contributed by atoms with E-state index in [0.29, 0.717) is 5.78 Å². The first-order valence-corrected chi connectivity index (χ1v) is 7.19. The van der Waals surface area contributed by atoms with E-state index in [4.69, 9.17) is 0 Å². The number of fused-ring (bicyclic) bond motifs is 2. The molecular weight excluding hydrogens is 232 g/mol. The lowest BCUT2D eigenvalue weighted by Gasteiger charge is -2.34. The van der Waals surface area contributed by atoms with Crippen LogP contribution in [0.25, 0.3) is 6.08 Å². The number of hydrogen-bond acceptors (Lipinski definition) is 1. The maximum absolute atomic E-state index is 12.6. The first-order valence-electron chi connectivity index (χ1n) is 7.19. The molecule has 2 fully saturated rings. The Morgan fingerprint density at radius 1 is 1.16 bits per heavy atom. The maximum Gasteiger partial charge on any atom is 0.163 e. The first-order chi connectivity index (χ1) is 8.86. The molecule has 0 radical (unpaired) electrons. The Morgan fingerprint density at radius 3 is 2.32 bits per heavy atom. The lowest BCUT2D eigenvalue weighted by Crippen LogP contribution is -2.27. The Labute approximate surface area is 115 Å². The smallest absolute Gasteiger partial charge is 0.163 e. The lowest BCUT2D eigenvalue weighted by molar-refractivity contribution is -0.119. The molecule has 0 aliphatic heterocycles. The largest absolute Gasteiger partial charge is 0.294 e. The number of allylic oxidation sites excluding steroid dienone is 1. The minimum absolute atomic E-state index is 0.0552. The molecule has 1 nitrogen and oxygen atoms in total. The highest BCUT2D eigenvalue weighted by Gasteiger charge is 2.63. The summed E-state index contributed by atoms with van der Waals surface area (Å²) in [5.74, 6) is 0.619. The summed E-state index contributed by atoms with van der Waals surface area (Å²) in [6, 6.07) is 8.44. The molecule has 2 bridgehead atoms. The maximum atomic E-state index is 12.6. The van der Waals surface area contributed by atoms with Crippen LogP contribution in [-0.4, -0.2) is 5.78 Å². The fraction of sp³-hybridized carbons (Fsp3) is 0.500. The van der Waals surface area contributed by atoms with Crippen LogP contribution >= 0.6 is 0 Å². The Morgan fingerprint density at radius 2 is 1.79 bits per heavy atom. The predicted octanol–water partition coefficient (Wildman–Crippen LogP) is 4.40. The molecule has 3 rings (SSSR count). The van der Waals surface area contributed by atoms with Crippen molar-refractivity contribution >= 4 is 11.9 Å². The number of rotatable bonds is 1. The van der Waals surface area contributed by atoms with E-state index in [2.05, 4.69) is 58.0 Å². The third-order valence-electron chi connectivity index (χ3n) is 5.79. The highest BCUT2D eigenvalue weighted by molar-refractivity contribution is 6.06. The third-order valence-corrected chi connectivity index (χ3v) is 5.79. The van der Waals surface area contributed by atoms with Crippen molar-refractivity contribution in [1.82, 2.24) is 0 Å². The molecule has 100 valence electrons. The van der Waals surface area contributed by atoms with Crippen molar-refractivity contribution in [3.05, 3.63) is 41.0 Å². The number of ketones is 1. The third kappa shape index (κ3) is 1.57. The number of Topliss-reactive ketones (excluding diaryl/α,β-unsaturated/α-hetero) is 1. The average molecular weight is 254 g/mol. The van der Waals surface area contributed by atoms with Crippen molar-refractivity contribution < 1.29 is 4.79 Å². The molecule has 1 aromatic carbocycles. The molecule has 0 unspecified atom stereocenters. The van der Waals surface area contributed by atoms with Crippen molar-refractivity contribution in [2.75, 3.05) is 0 Å². The zero-order valence-electron chi connectivity index (χ0n) is 12.3. The van der Waals surface area contributed by atoms with Crippen molar-refractivity contribution in [3.8, 4) is 0 Å². The molecule has 1 heteroatoms. The normalized spacial score (nSPS) is 34.2. The summed E-state index contributed by atoms with van der Waals surface area (Å²) in [6.45, 7) is 8.89. The van der Waals surface area contributed by atoms with Gasteiger partial charge in [0.15, 0.2) is 5.78 Å². The van der Waals surface area contributed by atoms with Crippen LogP contribution in [0.3, 0.4) is 0 Å². The summed E-state index contributed by atoms with van der Waals surface area (Å²) < 4.78 is 0. The highest BCUT2D eigenvalue weighted by Crippen LogP contribution is 2.66. The van der Waals surface area contributed by atoms with Crippen LogP contribution in [0.1, 0.15) is 44.7 Å². The summed E-state index contributed by atoms with van der Waals surface area (Å²) in [4.78, 5) is 12.6. The molecular formula is C18H22O. The highest BCUT2D eigenvalue weighted by atomic mass is 16.1. The number of carbonyl (C=O) groups is 1. The van der Waals surface area contributed by atoms with E-state index in [9.17, 15) is 4.79 Å². The molecule has 2 aliphatic carbocycles. The van der Waals surface area contributed by atoms with Crippen LogP contribution < -0.4 is 0 Å². The van der Waals surface area contributed by atoms with E-state index < -0.39 is 0 Å². The van der Waals surface area contributed by atoms with E-state index >= 15 is 0 Å². The fourth-order valence-corrected chi connectivity index (χ4v) is 3.96. The van der Waals surface area contributed by atoms with Crippen LogP contribution in [0.5, 0.6) is 0 Å². The van der Waals surface area contributed by atoms with Gasteiger partial charge in [-0.25, -0.2) is 0 Å². The molecule has 2 saturated carbocycles. The Bertz CT molecular complexity index is 562. The molecule has 2 atom stereocenters. The van der Waals surface area contributed by atoms with Crippen LogP contribution in [0, 0.1) is 23.7 Å². The van der Waals surface area contributed by atoms with Crippen LogP contribution in [0.15, 0.2) is 29.8 Å². The summed E-state index contributed by atoms with van der Waals surface area (Å²) in [5, 5.41) is 0. The number of hydrogen-bond donors (Lipinski definition) is 0. The molecule has 0 spiro atoms. The summed E-state index contributed by atoms with van der Waals surface area (Å²) in [5.41, 5.74) is 3.63. The van der Waals surface area contributed by atoms with Gasteiger partial charge < -0.3 is 0 Å². The lowest BCUT2D eigenvalue weighted by atomic mass is 9.69. The second-order valence-corrected chi connectivity index (χ2v) is 6.98. The molecule has 0 heterocycles. The molecule has 0 saturated heterocycles. The van der Waals surface area contributed by atoms with Gasteiger partial charge in [0, 0.05) is 16.9 Å². The average Bonchev–Trinajstić information content (AvgIpc) is 2.66. The van der Waals surface area contributed by atoms with E-state index in [-0.39, 0.29) is 16.7 Å². The van der Waals surface area contributed by atoms with Crippen LogP contribution in [0.4, 0.5) is 0 Å². The van der Waals surface area contributed by atoms with E-state index in [1.807, 2.05) is 0 Å². The van der Waals surface area contributed by atoms with Crippen molar-refractivity contribution in [2.45, 2.75) is 40.5 Å². The molecule has 0 N–H and O–H groups in total. The topological polar surface area (TPSA) is 17.1 Å². The predicted molar refractivity (Wildman–Crippen MR) is 78.8 cm³/mol. The van der Waals surface area contributed by atoms with Gasteiger partial charge in [-0.1, -0.05) is 50.6 Å². The van der Waals surface area contributed by atoms with Gasteiger partial charge in [0.25, 0.3) is 0 Å². The monoisotopic (exact) mass is 254 g/mol. The second-order valence-electron chi connectivity index (χ2n) is 6.98. The molecule has 2 aliphatic rings. The van der Waals surface area contributed by atoms with E-state index in [1.54, 1.807) is 0 Å². The Hall–Kier alpha value is -1.37. The van der Waals surface area contributed by atoms with Gasteiger partial charge in [-0.2, -0.15) is 0 Å². The Kier molecular flexibility index (Phi) is 2.54. The standard InChI is InChI=1S/C18H22O/c1-12-5-7-13(8-6-12)11-15-16(19)14-9-10-18(15,4)17(14,2)3/h5-8,11,14H,9-10H2,1-4H3/b15-11+/t14-,18-/m0/s1. The van der Waals surface area contributed by atoms with E-state index in [1.165, 1.54) is 5.56 Å². The fourth-order valence-electron chi connectivity index (χ4n) is 3.96. The van der Waals surface area contributed by atoms with Gasteiger partial charge in [0.2, 0.25) is 0 Å². The SMILES string of the molecule is Cc1ccc(/C=C2\C(=O)[C@@H]3CC[C@]2(C)C3(C)C)cc1. The van der Waals surface area contributed by atoms with E-state index in [0.717, 1.165) is 24.0 Å². The minimum atomic E-state index is 0.0552. The number of carbonyl (C=O) groups excluding carboxylic acids is 1. The number of benzene rings is 1. The zero-order chi connectivity index (χ0) is 13.8. The molecule has 0 amide bonds. The number of aryl methyl sites for hydroxylation is 1. The van der Waals surface area contributed by atoms with Gasteiger partial charge in [-0.05, 0) is 36.8 Å². The van der Waals surface area contributed by atoms with Crippen molar-refractivity contribution in [1.29, 1.82) is 0 Å². The molecule has 1 aromatic rings. The van der Waals surface area contributed by atoms with Gasteiger partial charge in [0.05, 0.1) is 0 Å². The minimum Gasteiger partial charge on any atom is -0.294 e. The summed E-state index contributed by atoms with van der Waals surface area (Å²) in [6.07, 6.45) is 4.34. The quantitative estimate of drug-likeness (QED) is 0.679. The van der Waals surface area contributed by atoms with Crippen LogP contribution in [-0.2, 0) is 4.79 Å². The summed E-state index contributed by atoms with van der Waals surface area (Å²) >= 11 is 0. The summed E-state index contributed by atoms with van der Waals surface area (Å²) in [7, 11) is 0. The second kappa shape index (κ2) is 3.82. The Balaban J connectivity index is 2.07. The first kappa shape index (κ1) is 12.7. The van der Waals surface area contributed by atoms with Gasteiger partial charge in [0.1, 0.15) is 0 Å². The molecule has 0 aromatic heterocycles. The molecule has 19 heavy (non-hydrogen) atoms.